The van der Waals surface area contributed by atoms with Crippen molar-refractivity contribution >= 4 is 34.1 Å². The molecule has 0 bridgehead atoms. The second-order valence-corrected chi connectivity index (χ2v) is 8.21. The number of thiocarbonyl (C=S) groups is 1. The third-order valence-electron chi connectivity index (χ3n) is 3.90. The minimum atomic E-state index is -0.536. The lowest BCUT2D eigenvalue weighted by atomic mass is 10.0. The maximum Gasteiger partial charge on any atom is 0.408 e. The van der Waals surface area contributed by atoms with Gasteiger partial charge >= 0.3 is 6.09 Å². The summed E-state index contributed by atoms with van der Waals surface area (Å²) in [5.74, 6) is 0.152. The predicted molar refractivity (Wildman–Crippen MR) is 111 cm³/mol. The molecule has 0 aliphatic carbocycles. The average Bonchev–Trinajstić information content (AvgIpc) is 2.55. The van der Waals surface area contributed by atoms with E-state index < -0.39 is 11.7 Å². The van der Waals surface area contributed by atoms with Gasteiger partial charge in [-0.2, -0.15) is 0 Å². The van der Waals surface area contributed by atoms with E-state index in [2.05, 4.69) is 41.0 Å². The van der Waals surface area contributed by atoms with E-state index in [-0.39, 0.29) is 12.0 Å². The summed E-state index contributed by atoms with van der Waals surface area (Å²) in [6, 6.07) is 14.3. The van der Waals surface area contributed by atoms with Crippen LogP contribution in [0, 0.1) is 5.92 Å². The van der Waals surface area contributed by atoms with Crippen molar-refractivity contribution < 1.29 is 9.53 Å². The highest BCUT2D eigenvalue weighted by Gasteiger charge is 2.24. The Hall–Kier alpha value is -2.14. The number of carbonyl (C=O) groups excluding carboxylic acids is 1. The molecule has 0 aliphatic rings. The van der Waals surface area contributed by atoms with Gasteiger partial charge in [0.2, 0.25) is 0 Å². The number of rotatable bonds is 5. The van der Waals surface area contributed by atoms with Gasteiger partial charge in [-0.05, 0) is 49.1 Å². The number of ether oxygens (including phenoxy) is 1. The largest absolute Gasteiger partial charge is 0.444 e. The van der Waals surface area contributed by atoms with Crippen LogP contribution in [-0.2, 0) is 11.3 Å². The number of hydrogen-bond acceptors (Lipinski definition) is 3. The minimum absolute atomic E-state index is 0.152. The van der Waals surface area contributed by atoms with Crippen LogP contribution in [-0.4, -0.2) is 22.7 Å². The van der Waals surface area contributed by atoms with Crippen molar-refractivity contribution in [2.75, 3.05) is 0 Å². The molecule has 0 aliphatic heterocycles. The molecule has 140 valence electrons. The first kappa shape index (κ1) is 20.2. The fraction of sp³-hybridized carbons (Fsp3) is 0.429. The fourth-order valence-electron chi connectivity index (χ4n) is 2.62. The molecule has 0 aromatic heterocycles. The van der Waals surface area contributed by atoms with Gasteiger partial charge in [0.25, 0.3) is 0 Å². The third kappa shape index (κ3) is 5.99. The molecule has 0 saturated carbocycles. The lowest BCUT2D eigenvalue weighted by Crippen LogP contribution is -2.49. The molecule has 0 heterocycles. The number of fused-ring (bicyclic) bond motifs is 1. The monoisotopic (exact) mass is 372 g/mol. The van der Waals surface area contributed by atoms with Gasteiger partial charge in [0.05, 0.1) is 11.0 Å². The fourth-order valence-corrected chi connectivity index (χ4v) is 3.02. The lowest BCUT2D eigenvalue weighted by Gasteiger charge is -2.26. The molecule has 26 heavy (non-hydrogen) atoms. The molecule has 2 N–H and O–H groups in total. The molecule has 0 saturated heterocycles. The number of nitrogens with one attached hydrogen (secondary N) is 2. The molecule has 4 nitrogen and oxygen atoms in total. The zero-order chi connectivity index (χ0) is 19.3. The van der Waals surface area contributed by atoms with Crippen LogP contribution in [0.2, 0.25) is 0 Å². The van der Waals surface area contributed by atoms with Gasteiger partial charge in [-0.25, -0.2) is 4.79 Å². The maximum atomic E-state index is 12.1. The Labute approximate surface area is 161 Å². The SMILES string of the molecule is CC(C)[C@H](NC(=O)OC(C)(C)C)C(=S)NCc1ccc2ccccc2c1. The number of hydrogen-bond donors (Lipinski definition) is 2. The van der Waals surface area contributed by atoms with Gasteiger partial charge in [0.1, 0.15) is 5.60 Å². The van der Waals surface area contributed by atoms with Crippen molar-refractivity contribution in [1.29, 1.82) is 0 Å². The first-order valence-electron chi connectivity index (χ1n) is 8.90. The highest BCUT2D eigenvalue weighted by Crippen LogP contribution is 2.16. The molecule has 5 heteroatoms. The number of carbonyl (C=O) groups is 1. The van der Waals surface area contributed by atoms with E-state index in [1.807, 2.05) is 46.8 Å². The molecule has 2 aromatic rings. The van der Waals surface area contributed by atoms with Crippen LogP contribution in [0.4, 0.5) is 4.79 Å². The van der Waals surface area contributed by atoms with E-state index in [4.69, 9.17) is 17.0 Å². The van der Waals surface area contributed by atoms with Gasteiger partial charge in [-0.3, -0.25) is 0 Å². The third-order valence-corrected chi connectivity index (χ3v) is 4.30. The van der Waals surface area contributed by atoms with Crippen LogP contribution in [0.15, 0.2) is 42.5 Å². The van der Waals surface area contributed by atoms with Gasteiger partial charge < -0.3 is 15.4 Å². The Balaban J connectivity index is 1.99. The summed E-state index contributed by atoms with van der Waals surface area (Å²) in [5, 5.41) is 8.56. The van der Waals surface area contributed by atoms with Crippen LogP contribution >= 0.6 is 12.2 Å². The minimum Gasteiger partial charge on any atom is -0.444 e. The van der Waals surface area contributed by atoms with Gasteiger partial charge in [0.15, 0.2) is 0 Å². The average molecular weight is 373 g/mol. The van der Waals surface area contributed by atoms with Gasteiger partial charge in [-0.1, -0.05) is 62.5 Å². The maximum absolute atomic E-state index is 12.1. The summed E-state index contributed by atoms with van der Waals surface area (Å²) < 4.78 is 5.34. The highest BCUT2D eigenvalue weighted by molar-refractivity contribution is 7.80. The second-order valence-electron chi connectivity index (χ2n) is 7.77. The molecule has 0 fully saturated rings. The van der Waals surface area contributed by atoms with Crippen molar-refractivity contribution in [3.8, 4) is 0 Å². The number of alkyl carbamates (subject to hydrolysis) is 1. The molecule has 2 aromatic carbocycles. The van der Waals surface area contributed by atoms with Crippen molar-refractivity contribution in [3.05, 3.63) is 48.0 Å². The molecule has 0 spiro atoms. The molecule has 1 amide bonds. The Morgan fingerprint density at radius 1 is 1.12 bits per heavy atom. The zero-order valence-electron chi connectivity index (χ0n) is 16.1. The summed E-state index contributed by atoms with van der Waals surface area (Å²) >= 11 is 5.53. The van der Waals surface area contributed by atoms with Crippen LogP contribution < -0.4 is 10.6 Å². The second kappa shape index (κ2) is 8.49. The van der Waals surface area contributed by atoms with E-state index in [1.165, 1.54) is 10.8 Å². The van der Waals surface area contributed by atoms with Crippen LogP contribution in [0.3, 0.4) is 0 Å². The van der Waals surface area contributed by atoms with Crippen molar-refractivity contribution in [2.45, 2.75) is 52.8 Å². The Morgan fingerprint density at radius 2 is 1.77 bits per heavy atom. The molecule has 2 rings (SSSR count). The van der Waals surface area contributed by atoms with Crippen LogP contribution in [0.1, 0.15) is 40.2 Å². The molecule has 0 radical (unpaired) electrons. The summed E-state index contributed by atoms with van der Waals surface area (Å²) in [7, 11) is 0. The molecular formula is C21H28N2O2S. The van der Waals surface area contributed by atoms with Crippen LogP contribution in [0.25, 0.3) is 10.8 Å². The normalized spacial score (nSPS) is 12.7. The van der Waals surface area contributed by atoms with Gasteiger partial charge in [0, 0.05) is 6.54 Å². The smallest absolute Gasteiger partial charge is 0.408 e. The summed E-state index contributed by atoms with van der Waals surface area (Å²) in [5.41, 5.74) is 0.608. The highest BCUT2D eigenvalue weighted by atomic mass is 32.1. The number of benzene rings is 2. The van der Waals surface area contributed by atoms with E-state index in [1.54, 1.807) is 0 Å². The van der Waals surface area contributed by atoms with E-state index >= 15 is 0 Å². The number of amides is 1. The lowest BCUT2D eigenvalue weighted by molar-refractivity contribution is 0.0508. The zero-order valence-corrected chi connectivity index (χ0v) is 16.9. The van der Waals surface area contributed by atoms with Crippen molar-refractivity contribution in [2.24, 2.45) is 5.92 Å². The predicted octanol–water partition coefficient (Wildman–Crippen LogP) is 4.81. The molecular weight excluding hydrogens is 344 g/mol. The van der Waals surface area contributed by atoms with Crippen molar-refractivity contribution in [1.82, 2.24) is 10.6 Å². The molecule has 1 atom stereocenters. The van der Waals surface area contributed by atoms with Gasteiger partial charge in [-0.15, -0.1) is 0 Å². The Morgan fingerprint density at radius 3 is 2.38 bits per heavy atom. The summed E-state index contributed by atoms with van der Waals surface area (Å²) in [6.07, 6.45) is -0.453. The van der Waals surface area contributed by atoms with Crippen molar-refractivity contribution in [3.63, 3.8) is 0 Å². The Bertz CT molecular complexity index is 781. The molecule has 0 unspecified atom stereocenters. The standard InChI is InChI=1S/C21H28N2O2S/c1-14(2)18(23-20(24)25-21(3,4)5)19(26)22-13-15-10-11-16-8-6-7-9-17(16)12-15/h6-12,14,18H,13H2,1-5H3,(H,22,26)(H,23,24)/t18-/m0/s1. The van der Waals surface area contributed by atoms with E-state index in [9.17, 15) is 4.79 Å². The van der Waals surface area contributed by atoms with E-state index in [0.29, 0.717) is 11.5 Å². The van der Waals surface area contributed by atoms with Crippen LogP contribution in [0.5, 0.6) is 0 Å². The Kier molecular flexibility index (Phi) is 6.59. The quantitative estimate of drug-likeness (QED) is 0.740. The summed E-state index contributed by atoms with van der Waals surface area (Å²) in [4.78, 5) is 12.7. The first-order valence-corrected chi connectivity index (χ1v) is 9.31. The summed E-state index contributed by atoms with van der Waals surface area (Å²) in [6.45, 7) is 10.2. The topological polar surface area (TPSA) is 50.4 Å². The van der Waals surface area contributed by atoms with E-state index in [0.717, 1.165) is 5.56 Å². The first-order chi connectivity index (χ1) is 12.2.